The lowest BCUT2D eigenvalue weighted by Crippen LogP contribution is -2.42. The number of aromatic nitrogens is 2. The average Bonchev–Trinajstić information content (AvgIpc) is 2.96. The molecule has 0 aliphatic rings. The molecule has 0 aliphatic carbocycles. The van der Waals surface area contributed by atoms with Gasteiger partial charge < -0.3 is 22.6 Å². The Kier molecular flexibility index (Phi) is 7.92. The normalized spacial score (nSPS) is 11.9. The van der Waals surface area contributed by atoms with Gasteiger partial charge in [-0.1, -0.05) is 0 Å². The van der Waals surface area contributed by atoms with E-state index < -0.39 is 8.80 Å². The van der Waals surface area contributed by atoms with Crippen LogP contribution in [-0.4, -0.2) is 52.9 Å². The first-order valence-electron chi connectivity index (χ1n) is 6.45. The summed E-state index contributed by atoms with van der Waals surface area (Å²) in [5.74, 6) is 0. The van der Waals surface area contributed by atoms with Crippen molar-refractivity contribution in [3.05, 3.63) is 18.7 Å². The van der Waals surface area contributed by atoms with E-state index in [1.54, 1.807) is 27.5 Å². The van der Waals surface area contributed by atoms with E-state index in [4.69, 9.17) is 18.0 Å². The molecule has 0 fully saturated rings. The summed E-state index contributed by atoms with van der Waals surface area (Å²) in [5.41, 5.74) is 0. The number of aryl methyl sites for hydroxylation is 1. The van der Waals surface area contributed by atoms with Crippen LogP contribution in [0.4, 0.5) is 0 Å². The van der Waals surface area contributed by atoms with Gasteiger partial charge in [-0.15, -0.1) is 0 Å². The van der Waals surface area contributed by atoms with Crippen molar-refractivity contribution in [3.63, 3.8) is 0 Å². The van der Waals surface area contributed by atoms with Gasteiger partial charge in [0.25, 0.3) is 0 Å². The molecule has 1 rings (SSSR count). The van der Waals surface area contributed by atoms with E-state index in [2.05, 4.69) is 4.98 Å². The zero-order valence-electron chi connectivity index (χ0n) is 12.0. The van der Waals surface area contributed by atoms with E-state index in [9.17, 15) is 0 Å². The van der Waals surface area contributed by atoms with Gasteiger partial charge in [0.2, 0.25) is 0 Å². The second-order valence-corrected chi connectivity index (χ2v) is 7.26. The van der Waals surface area contributed by atoms with E-state index in [1.165, 1.54) is 0 Å². The molecular formula is C12H24N2O4Si. The highest BCUT2D eigenvalue weighted by molar-refractivity contribution is 6.60. The van der Waals surface area contributed by atoms with Crippen LogP contribution in [0.5, 0.6) is 0 Å². The molecule has 110 valence electrons. The zero-order chi connectivity index (χ0) is 14.0. The standard InChI is InChI=1S/C12H24N2O4Si/c1-15-19(16-2,17-3)11-5-10-18-9-4-7-14-8-6-13-12-14/h6,8,12H,4-5,7,9-11H2,1-3H3. The third-order valence-corrected chi connectivity index (χ3v) is 5.80. The van der Waals surface area contributed by atoms with Crippen molar-refractivity contribution in [1.29, 1.82) is 0 Å². The van der Waals surface area contributed by atoms with Gasteiger partial charge in [-0.05, 0) is 12.8 Å². The molecule has 0 radical (unpaired) electrons. The first kappa shape index (κ1) is 16.3. The number of ether oxygens (including phenoxy) is 1. The molecular weight excluding hydrogens is 264 g/mol. The molecule has 0 saturated heterocycles. The lowest BCUT2D eigenvalue weighted by molar-refractivity contribution is 0.105. The maximum absolute atomic E-state index is 5.58. The molecule has 0 atom stereocenters. The van der Waals surface area contributed by atoms with Crippen molar-refractivity contribution in [2.75, 3.05) is 34.5 Å². The predicted octanol–water partition coefficient (Wildman–Crippen LogP) is 1.56. The van der Waals surface area contributed by atoms with Crippen LogP contribution in [-0.2, 0) is 24.6 Å². The smallest absolute Gasteiger partial charge is 0.381 e. The summed E-state index contributed by atoms with van der Waals surface area (Å²) in [6.07, 6.45) is 7.42. The van der Waals surface area contributed by atoms with Crippen molar-refractivity contribution in [3.8, 4) is 0 Å². The Bertz CT molecular complexity index is 309. The first-order chi connectivity index (χ1) is 9.26. The molecule has 1 heterocycles. The van der Waals surface area contributed by atoms with Gasteiger partial charge in [-0.3, -0.25) is 0 Å². The van der Waals surface area contributed by atoms with Crippen LogP contribution >= 0.6 is 0 Å². The Morgan fingerprint density at radius 2 is 1.74 bits per heavy atom. The van der Waals surface area contributed by atoms with E-state index in [-0.39, 0.29) is 0 Å². The predicted molar refractivity (Wildman–Crippen MR) is 73.9 cm³/mol. The zero-order valence-corrected chi connectivity index (χ0v) is 13.0. The van der Waals surface area contributed by atoms with Crippen LogP contribution in [0.2, 0.25) is 6.04 Å². The van der Waals surface area contributed by atoms with Gasteiger partial charge in [0.15, 0.2) is 0 Å². The van der Waals surface area contributed by atoms with E-state index >= 15 is 0 Å². The van der Waals surface area contributed by atoms with E-state index in [1.807, 2.05) is 17.1 Å². The number of rotatable bonds is 11. The minimum Gasteiger partial charge on any atom is -0.381 e. The molecule has 0 saturated carbocycles. The quantitative estimate of drug-likeness (QED) is 0.457. The van der Waals surface area contributed by atoms with Crippen molar-refractivity contribution in [1.82, 2.24) is 9.55 Å². The van der Waals surface area contributed by atoms with Crippen LogP contribution in [0.3, 0.4) is 0 Å². The lowest BCUT2D eigenvalue weighted by atomic mass is 10.4. The SMILES string of the molecule is CO[Si](CCCOCCCn1ccnc1)(OC)OC. The van der Waals surface area contributed by atoms with Crippen LogP contribution < -0.4 is 0 Å². The largest absolute Gasteiger partial charge is 0.500 e. The summed E-state index contributed by atoms with van der Waals surface area (Å²) in [6, 6.07) is 0.776. The third kappa shape index (κ3) is 5.83. The molecule has 0 amide bonds. The summed E-state index contributed by atoms with van der Waals surface area (Å²) in [6.45, 7) is 2.39. The maximum atomic E-state index is 5.58. The van der Waals surface area contributed by atoms with Crippen LogP contribution in [0.25, 0.3) is 0 Å². The molecule has 19 heavy (non-hydrogen) atoms. The third-order valence-electron chi connectivity index (χ3n) is 2.97. The summed E-state index contributed by atoms with van der Waals surface area (Å²) in [7, 11) is 2.47. The fraction of sp³-hybridized carbons (Fsp3) is 0.750. The Balaban J connectivity index is 2.01. The topological polar surface area (TPSA) is 54.7 Å². The minimum absolute atomic E-state index is 0.703. The summed E-state index contributed by atoms with van der Waals surface area (Å²) in [5, 5.41) is 0. The van der Waals surface area contributed by atoms with Crippen LogP contribution in [0, 0.1) is 0 Å². The van der Waals surface area contributed by atoms with Gasteiger partial charge >= 0.3 is 8.80 Å². The Labute approximate surface area is 116 Å². The Morgan fingerprint density at radius 3 is 2.32 bits per heavy atom. The molecule has 0 N–H and O–H groups in total. The molecule has 7 heteroatoms. The van der Waals surface area contributed by atoms with Gasteiger partial charge in [0, 0.05) is 59.5 Å². The molecule has 0 aromatic carbocycles. The molecule has 0 unspecified atom stereocenters. The molecule has 0 aliphatic heterocycles. The average molecular weight is 288 g/mol. The van der Waals surface area contributed by atoms with Crippen LogP contribution in [0.15, 0.2) is 18.7 Å². The molecule has 0 spiro atoms. The molecule has 6 nitrogen and oxygen atoms in total. The van der Waals surface area contributed by atoms with Gasteiger partial charge in [-0.25, -0.2) is 4.98 Å². The summed E-state index contributed by atoms with van der Waals surface area (Å²) in [4.78, 5) is 3.99. The number of imidazole rings is 1. The number of hydrogen-bond donors (Lipinski definition) is 0. The highest BCUT2D eigenvalue weighted by Crippen LogP contribution is 2.14. The van der Waals surface area contributed by atoms with Gasteiger partial charge in [-0.2, -0.15) is 0 Å². The number of hydrogen-bond acceptors (Lipinski definition) is 5. The fourth-order valence-corrected chi connectivity index (χ4v) is 3.51. The van der Waals surface area contributed by atoms with Gasteiger partial charge in [0.05, 0.1) is 6.33 Å². The fourth-order valence-electron chi connectivity index (χ4n) is 1.82. The summed E-state index contributed by atoms with van der Waals surface area (Å²) < 4.78 is 23.7. The minimum atomic E-state index is -2.42. The number of nitrogens with zero attached hydrogens (tertiary/aromatic N) is 2. The molecule has 1 aromatic heterocycles. The second kappa shape index (κ2) is 9.22. The van der Waals surface area contributed by atoms with Crippen LogP contribution in [0.1, 0.15) is 12.8 Å². The molecule has 0 bridgehead atoms. The van der Waals surface area contributed by atoms with Crippen molar-refractivity contribution in [2.24, 2.45) is 0 Å². The Morgan fingerprint density at radius 1 is 1.05 bits per heavy atom. The van der Waals surface area contributed by atoms with Gasteiger partial charge in [0.1, 0.15) is 0 Å². The maximum Gasteiger partial charge on any atom is 0.500 e. The highest BCUT2D eigenvalue weighted by Gasteiger charge is 2.36. The molecule has 1 aromatic rings. The van der Waals surface area contributed by atoms with Crippen molar-refractivity contribution < 1.29 is 18.0 Å². The monoisotopic (exact) mass is 288 g/mol. The Hall–Kier alpha value is -0.733. The summed E-state index contributed by atoms with van der Waals surface area (Å²) >= 11 is 0. The van der Waals surface area contributed by atoms with E-state index in [0.717, 1.165) is 32.0 Å². The van der Waals surface area contributed by atoms with E-state index in [0.29, 0.717) is 6.61 Å². The second-order valence-electron chi connectivity index (χ2n) is 4.17. The van der Waals surface area contributed by atoms with Crippen molar-refractivity contribution >= 4 is 8.80 Å². The van der Waals surface area contributed by atoms with Crippen molar-refractivity contribution in [2.45, 2.75) is 25.4 Å². The first-order valence-corrected chi connectivity index (χ1v) is 8.38. The highest BCUT2D eigenvalue weighted by atomic mass is 28.4. The lowest BCUT2D eigenvalue weighted by Gasteiger charge is -2.24.